The van der Waals surface area contributed by atoms with Gasteiger partial charge in [-0.05, 0) is 50.1 Å². The van der Waals surface area contributed by atoms with Gasteiger partial charge in [0, 0.05) is 31.9 Å². The van der Waals surface area contributed by atoms with Crippen molar-refractivity contribution in [3.05, 3.63) is 53.1 Å². The Morgan fingerprint density at radius 3 is 2.41 bits per heavy atom. The Hall–Kier alpha value is -2.60. The number of aromatic nitrogens is 1. The number of piperazine rings is 1. The van der Waals surface area contributed by atoms with E-state index >= 15 is 0 Å². The number of nitrogens with zero attached hydrogens (tertiary/aromatic N) is 3. The summed E-state index contributed by atoms with van der Waals surface area (Å²) in [7, 11) is 0. The zero-order valence-electron chi connectivity index (χ0n) is 16.0. The molecule has 1 aromatic heterocycles. The highest BCUT2D eigenvalue weighted by molar-refractivity contribution is 7.22. The molecule has 27 heavy (non-hydrogen) atoms. The first kappa shape index (κ1) is 17.8. The van der Waals surface area contributed by atoms with Gasteiger partial charge in [-0.25, -0.2) is 9.78 Å². The molecule has 3 aromatic rings. The first-order chi connectivity index (χ1) is 13.0. The van der Waals surface area contributed by atoms with Crippen molar-refractivity contribution in [2.45, 2.75) is 20.8 Å². The molecule has 0 aliphatic carbocycles. The normalized spacial score (nSPS) is 14.6. The number of aryl methyl sites for hydroxylation is 3. The van der Waals surface area contributed by atoms with Crippen LogP contribution in [0, 0.1) is 20.8 Å². The Morgan fingerprint density at radius 2 is 1.70 bits per heavy atom. The largest absolute Gasteiger partial charge is 0.345 e. The molecule has 1 aliphatic rings. The van der Waals surface area contributed by atoms with Crippen LogP contribution >= 0.6 is 11.3 Å². The summed E-state index contributed by atoms with van der Waals surface area (Å²) in [6, 6.07) is 12.2. The fourth-order valence-electron chi connectivity index (χ4n) is 3.43. The van der Waals surface area contributed by atoms with E-state index in [1.54, 1.807) is 11.3 Å². The molecule has 1 saturated heterocycles. The van der Waals surface area contributed by atoms with Crippen LogP contribution in [0.25, 0.3) is 10.2 Å². The van der Waals surface area contributed by atoms with Gasteiger partial charge in [0.25, 0.3) is 0 Å². The van der Waals surface area contributed by atoms with Gasteiger partial charge in [0.1, 0.15) is 0 Å². The maximum atomic E-state index is 12.5. The molecule has 2 heterocycles. The standard InChI is InChI=1S/C21H24N4OS/c1-14-4-6-17(7-5-14)22-20(26)24-8-10-25(11-9-24)21-23-19-16(3)12-15(2)13-18(19)27-21/h4-7,12-13H,8-11H2,1-3H3,(H,22,26). The van der Waals surface area contributed by atoms with Gasteiger partial charge in [0.05, 0.1) is 10.2 Å². The highest BCUT2D eigenvalue weighted by Gasteiger charge is 2.23. The lowest BCUT2D eigenvalue weighted by Gasteiger charge is -2.34. The third kappa shape index (κ3) is 3.76. The van der Waals surface area contributed by atoms with Gasteiger partial charge in [0.2, 0.25) is 0 Å². The van der Waals surface area contributed by atoms with E-state index in [9.17, 15) is 4.79 Å². The van der Waals surface area contributed by atoms with E-state index in [1.165, 1.54) is 21.4 Å². The topological polar surface area (TPSA) is 48.5 Å². The van der Waals surface area contributed by atoms with E-state index in [4.69, 9.17) is 4.98 Å². The number of amides is 2. The molecular formula is C21H24N4OS. The summed E-state index contributed by atoms with van der Waals surface area (Å²) in [6.07, 6.45) is 0. The number of urea groups is 1. The molecule has 2 amide bonds. The minimum absolute atomic E-state index is 0.0331. The van der Waals surface area contributed by atoms with Gasteiger partial charge in [-0.3, -0.25) is 0 Å². The molecule has 2 aromatic carbocycles. The van der Waals surface area contributed by atoms with Crippen LogP contribution in [0.2, 0.25) is 0 Å². The lowest BCUT2D eigenvalue weighted by atomic mass is 10.1. The number of fused-ring (bicyclic) bond motifs is 1. The summed E-state index contributed by atoms with van der Waals surface area (Å²) >= 11 is 1.74. The molecule has 6 heteroatoms. The van der Waals surface area contributed by atoms with Crippen molar-refractivity contribution >= 4 is 38.4 Å². The molecule has 5 nitrogen and oxygen atoms in total. The summed E-state index contributed by atoms with van der Waals surface area (Å²) in [5.74, 6) is 0. The van der Waals surface area contributed by atoms with Gasteiger partial charge in [-0.2, -0.15) is 0 Å². The smallest absolute Gasteiger partial charge is 0.321 e. The molecule has 0 bridgehead atoms. The van der Waals surface area contributed by atoms with Gasteiger partial charge >= 0.3 is 6.03 Å². The molecular weight excluding hydrogens is 356 g/mol. The lowest BCUT2D eigenvalue weighted by Crippen LogP contribution is -2.50. The average Bonchev–Trinajstić information content (AvgIpc) is 3.08. The van der Waals surface area contributed by atoms with E-state index in [2.05, 4.69) is 36.2 Å². The Kier molecular flexibility index (Phi) is 4.74. The lowest BCUT2D eigenvalue weighted by molar-refractivity contribution is 0.208. The van der Waals surface area contributed by atoms with E-state index in [0.717, 1.165) is 29.4 Å². The van der Waals surface area contributed by atoms with Crippen LogP contribution in [0.3, 0.4) is 0 Å². The van der Waals surface area contributed by atoms with Gasteiger partial charge in [-0.1, -0.05) is 35.1 Å². The number of nitrogens with one attached hydrogen (secondary N) is 1. The second-order valence-electron chi connectivity index (χ2n) is 7.20. The summed E-state index contributed by atoms with van der Waals surface area (Å²) < 4.78 is 1.24. The zero-order chi connectivity index (χ0) is 19.0. The maximum Gasteiger partial charge on any atom is 0.321 e. The first-order valence-electron chi connectivity index (χ1n) is 9.25. The van der Waals surface area contributed by atoms with Gasteiger partial charge in [-0.15, -0.1) is 0 Å². The van der Waals surface area contributed by atoms with Crippen molar-refractivity contribution in [1.29, 1.82) is 0 Å². The number of hydrogen-bond donors (Lipinski definition) is 1. The van der Waals surface area contributed by atoms with Crippen LogP contribution < -0.4 is 10.2 Å². The van der Waals surface area contributed by atoms with Crippen molar-refractivity contribution < 1.29 is 4.79 Å². The molecule has 0 unspecified atom stereocenters. The third-order valence-electron chi connectivity index (χ3n) is 4.96. The van der Waals surface area contributed by atoms with Crippen molar-refractivity contribution in [1.82, 2.24) is 9.88 Å². The summed E-state index contributed by atoms with van der Waals surface area (Å²) in [6.45, 7) is 9.29. The molecule has 0 atom stereocenters. The second kappa shape index (κ2) is 7.19. The molecule has 0 spiro atoms. The zero-order valence-corrected chi connectivity index (χ0v) is 16.8. The Morgan fingerprint density at radius 1 is 1.00 bits per heavy atom. The molecule has 0 radical (unpaired) electrons. The van der Waals surface area contributed by atoms with Crippen LogP contribution in [-0.2, 0) is 0 Å². The number of anilines is 2. The van der Waals surface area contributed by atoms with Crippen molar-refractivity contribution in [2.24, 2.45) is 0 Å². The minimum atomic E-state index is -0.0331. The number of hydrogen-bond acceptors (Lipinski definition) is 4. The predicted molar refractivity (Wildman–Crippen MR) is 113 cm³/mol. The summed E-state index contributed by atoms with van der Waals surface area (Å²) in [5.41, 5.74) is 5.62. The number of thiazole rings is 1. The summed E-state index contributed by atoms with van der Waals surface area (Å²) in [5, 5.41) is 4.04. The number of benzene rings is 2. The minimum Gasteiger partial charge on any atom is -0.345 e. The van der Waals surface area contributed by atoms with Gasteiger partial charge in [0.15, 0.2) is 5.13 Å². The fourth-order valence-corrected chi connectivity index (χ4v) is 4.63. The van der Waals surface area contributed by atoms with Gasteiger partial charge < -0.3 is 15.1 Å². The van der Waals surface area contributed by atoms with Crippen molar-refractivity contribution in [3.63, 3.8) is 0 Å². The average molecular weight is 381 g/mol. The molecule has 4 rings (SSSR count). The SMILES string of the molecule is Cc1ccc(NC(=O)N2CCN(c3nc4c(C)cc(C)cc4s3)CC2)cc1. The van der Waals surface area contributed by atoms with E-state index in [0.29, 0.717) is 13.1 Å². The van der Waals surface area contributed by atoms with Crippen LogP contribution in [0.15, 0.2) is 36.4 Å². The van der Waals surface area contributed by atoms with Crippen molar-refractivity contribution in [3.8, 4) is 0 Å². The number of rotatable bonds is 2. The monoisotopic (exact) mass is 380 g/mol. The molecule has 0 saturated carbocycles. The Balaban J connectivity index is 1.40. The van der Waals surface area contributed by atoms with E-state index in [1.807, 2.05) is 36.1 Å². The van der Waals surface area contributed by atoms with Crippen LogP contribution in [0.5, 0.6) is 0 Å². The number of carbonyl (C=O) groups is 1. The highest BCUT2D eigenvalue weighted by Crippen LogP contribution is 2.32. The Labute approximate surface area is 163 Å². The predicted octanol–water partition coefficient (Wildman–Crippen LogP) is 4.58. The molecule has 140 valence electrons. The molecule has 1 aliphatic heterocycles. The van der Waals surface area contributed by atoms with E-state index < -0.39 is 0 Å². The number of carbonyl (C=O) groups excluding carboxylic acids is 1. The summed E-state index contributed by atoms with van der Waals surface area (Å²) in [4.78, 5) is 21.5. The van der Waals surface area contributed by atoms with Crippen molar-refractivity contribution in [2.75, 3.05) is 36.4 Å². The fraction of sp³-hybridized carbons (Fsp3) is 0.333. The molecule has 1 N–H and O–H groups in total. The van der Waals surface area contributed by atoms with Crippen LogP contribution in [0.1, 0.15) is 16.7 Å². The van der Waals surface area contributed by atoms with Crippen LogP contribution in [-0.4, -0.2) is 42.1 Å². The first-order valence-corrected chi connectivity index (χ1v) is 10.1. The maximum absolute atomic E-state index is 12.5. The quantitative estimate of drug-likeness (QED) is 0.708. The third-order valence-corrected chi connectivity index (χ3v) is 6.02. The molecule has 1 fully saturated rings. The second-order valence-corrected chi connectivity index (χ2v) is 8.20. The Bertz CT molecular complexity index is 972. The highest BCUT2D eigenvalue weighted by atomic mass is 32.1. The van der Waals surface area contributed by atoms with Crippen LogP contribution in [0.4, 0.5) is 15.6 Å². The van der Waals surface area contributed by atoms with E-state index in [-0.39, 0.29) is 6.03 Å².